The van der Waals surface area contributed by atoms with Crippen molar-refractivity contribution < 1.29 is 0 Å². The third-order valence-corrected chi connectivity index (χ3v) is 10.8. The molecule has 5 heteroatoms. The van der Waals surface area contributed by atoms with Crippen molar-refractivity contribution in [3.63, 3.8) is 0 Å². The summed E-state index contributed by atoms with van der Waals surface area (Å²) in [5.41, 5.74) is 13.6. The lowest BCUT2D eigenvalue weighted by atomic mass is 10.0. The van der Waals surface area contributed by atoms with Crippen LogP contribution < -0.4 is 0 Å². The van der Waals surface area contributed by atoms with E-state index in [0.29, 0.717) is 5.82 Å². The molecule has 0 spiro atoms. The molecule has 0 saturated carbocycles. The summed E-state index contributed by atoms with van der Waals surface area (Å²) in [6.45, 7) is 0. The van der Waals surface area contributed by atoms with Crippen molar-refractivity contribution in [2.24, 2.45) is 0 Å². The lowest BCUT2D eigenvalue weighted by molar-refractivity contribution is 1.13. The van der Waals surface area contributed by atoms with Gasteiger partial charge < -0.3 is 4.57 Å². The van der Waals surface area contributed by atoms with Crippen LogP contribution in [-0.4, -0.2) is 24.1 Å². The highest BCUT2D eigenvalue weighted by Crippen LogP contribution is 2.38. The fourth-order valence-corrected chi connectivity index (χ4v) is 8.17. The number of fused-ring (bicyclic) bond motifs is 6. The zero-order valence-corrected chi connectivity index (χ0v) is 30.3. The molecule has 5 nitrogen and oxygen atoms in total. The van der Waals surface area contributed by atoms with E-state index in [1.165, 1.54) is 21.8 Å². The fourth-order valence-electron chi connectivity index (χ4n) is 8.17. The maximum atomic E-state index is 5.13. The van der Waals surface area contributed by atoms with E-state index in [4.69, 9.17) is 15.0 Å². The first-order valence-electron chi connectivity index (χ1n) is 18.9. The van der Waals surface area contributed by atoms with Gasteiger partial charge in [-0.15, -0.1) is 0 Å². The summed E-state index contributed by atoms with van der Waals surface area (Å²) in [6.07, 6.45) is 1.88. The summed E-state index contributed by atoms with van der Waals surface area (Å²) in [7, 11) is 0. The number of para-hydroxylation sites is 2. The molecule has 0 amide bonds. The van der Waals surface area contributed by atoms with Gasteiger partial charge in [0.05, 0.1) is 27.9 Å². The van der Waals surface area contributed by atoms with E-state index in [2.05, 4.69) is 161 Å². The van der Waals surface area contributed by atoms with Crippen LogP contribution in [0.4, 0.5) is 0 Å². The number of nitrogens with zero attached hydrogens (tertiary/aromatic N) is 5. The molecule has 0 saturated heterocycles. The molecule has 0 aliphatic heterocycles. The molecule has 0 aliphatic rings. The fraction of sp³-hybridized carbons (Fsp3) is 0. The Kier molecular flexibility index (Phi) is 7.42. The molecule has 11 aromatic rings. The van der Waals surface area contributed by atoms with Gasteiger partial charge in [0.1, 0.15) is 5.65 Å². The SMILES string of the molecule is c1ccc(-c2cc(-c3cccc(-n4c5cc(-c6ccc7c(c6)c6ccccc6n7-c6ccccc6)ccc5c5cccnc54)c3)nc(-c3ccccc3)n2)cc1. The van der Waals surface area contributed by atoms with Crippen molar-refractivity contribution in [2.45, 2.75) is 0 Å². The molecule has 0 aliphatic carbocycles. The highest BCUT2D eigenvalue weighted by Gasteiger charge is 2.18. The van der Waals surface area contributed by atoms with E-state index in [1.807, 2.05) is 48.7 Å². The summed E-state index contributed by atoms with van der Waals surface area (Å²) in [6, 6.07) is 68.3. The molecule has 0 bridgehead atoms. The second kappa shape index (κ2) is 13.0. The van der Waals surface area contributed by atoms with Gasteiger partial charge >= 0.3 is 0 Å². The smallest absolute Gasteiger partial charge is 0.160 e. The normalized spacial score (nSPS) is 11.6. The monoisotopic (exact) mass is 715 g/mol. The molecule has 262 valence electrons. The van der Waals surface area contributed by atoms with Crippen molar-refractivity contribution in [1.82, 2.24) is 24.1 Å². The number of rotatable bonds is 6. The lowest BCUT2D eigenvalue weighted by Gasteiger charge is -2.12. The van der Waals surface area contributed by atoms with Crippen molar-refractivity contribution in [1.29, 1.82) is 0 Å². The molecule has 4 aromatic heterocycles. The van der Waals surface area contributed by atoms with E-state index in [1.54, 1.807) is 0 Å². The minimum atomic E-state index is 0.694. The summed E-state index contributed by atoms with van der Waals surface area (Å²) < 4.78 is 4.65. The van der Waals surface area contributed by atoms with Crippen molar-refractivity contribution in [3.8, 4) is 56.4 Å². The molecule has 56 heavy (non-hydrogen) atoms. The maximum Gasteiger partial charge on any atom is 0.160 e. The Morgan fingerprint density at radius 1 is 0.321 bits per heavy atom. The third-order valence-electron chi connectivity index (χ3n) is 10.8. The van der Waals surface area contributed by atoms with Gasteiger partial charge in [0.25, 0.3) is 0 Å². The van der Waals surface area contributed by atoms with Crippen LogP contribution in [0, 0.1) is 0 Å². The zero-order chi connectivity index (χ0) is 37.0. The summed E-state index contributed by atoms with van der Waals surface area (Å²) >= 11 is 0. The highest BCUT2D eigenvalue weighted by atomic mass is 15.0. The molecule has 0 radical (unpaired) electrons. The Morgan fingerprint density at radius 2 is 0.929 bits per heavy atom. The number of pyridine rings is 1. The zero-order valence-electron chi connectivity index (χ0n) is 30.3. The number of hydrogen-bond donors (Lipinski definition) is 0. The van der Waals surface area contributed by atoms with E-state index < -0.39 is 0 Å². The number of aromatic nitrogens is 5. The summed E-state index contributed by atoms with van der Waals surface area (Å²) in [5, 5.41) is 4.73. The molecule has 11 rings (SSSR count). The van der Waals surface area contributed by atoms with Gasteiger partial charge in [-0.2, -0.15) is 0 Å². The predicted molar refractivity (Wildman–Crippen MR) is 230 cm³/mol. The van der Waals surface area contributed by atoms with Gasteiger partial charge in [-0.3, -0.25) is 4.57 Å². The van der Waals surface area contributed by atoms with E-state index in [-0.39, 0.29) is 0 Å². The Bertz CT molecular complexity index is 3180. The van der Waals surface area contributed by atoms with Crippen LogP contribution in [-0.2, 0) is 0 Å². The van der Waals surface area contributed by atoms with Gasteiger partial charge in [-0.1, -0.05) is 127 Å². The Hall–Kier alpha value is -7.63. The topological polar surface area (TPSA) is 48.5 Å². The summed E-state index contributed by atoms with van der Waals surface area (Å²) in [4.78, 5) is 15.1. The van der Waals surface area contributed by atoms with E-state index >= 15 is 0 Å². The quantitative estimate of drug-likeness (QED) is 0.172. The third kappa shape index (κ3) is 5.29. The Balaban J connectivity index is 1.08. The Labute approximate surface area is 323 Å². The molecule has 0 N–H and O–H groups in total. The first-order chi connectivity index (χ1) is 27.8. The molecule has 0 unspecified atom stereocenters. The second-order valence-electron chi connectivity index (χ2n) is 14.1. The van der Waals surface area contributed by atoms with Crippen LogP contribution in [0.3, 0.4) is 0 Å². The molecule has 7 aromatic carbocycles. The van der Waals surface area contributed by atoms with Gasteiger partial charge in [0.15, 0.2) is 5.82 Å². The van der Waals surface area contributed by atoms with Crippen LogP contribution in [0.2, 0.25) is 0 Å². The first-order valence-corrected chi connectivity index (χ1v) is 18.9. The number of benzene rings is 7. The lowest BCUT2D eigenvalue weighted by Crippen LogP contribution is -1.98. The van der Waals surface area contributed by atoms with Crippen LogP contribution >= 0.6 is 0 Å². The van der Waals surface area contributed by atoms with Gasteiger partial charge in [-0.05, 0) is 77.9 Å². The number of hydrogen-bond acceptors (Lipinski definition) is 3. The van der Waals surface area contributed by atoms with Crippen molar-refractivity contribution in [2.75, 3.05) is 0 Å². The summed E-state index contributed by atoms with van der Waals surface area (Å²) in [5.74, 6) is 0.694. The van der Waals surface area contributed by atoms with E-state index in [0.717, 1.165) is 72.5 Å². The van der Waals surface area contributed by atoms with Crippen molar-refractivity contribution in [3.05, 3.63) is 200 Å². The largest absolute Gasteiger partial charge is 0.309 e. The van der Waals surface area contributed by atoms with Crippen LogP contribution in [0.25, 0.3) is 100 Å². The van der Waals surface area contributed by atoms with Gasteiger partial charge in [-0.25, -0.2) is 15.0 Å². The average molecular weight is 716 g/mol. The van der Waals surface area contributed by atoms with Gasteiger partial charge in [0.2, 0.25) is 0 Å². The molecule has 0 atom stereocenters. The molecule has 0 fully saturated rings. The van der Waals surface area contributed by atoms with Crippen LogP contribution in [0.5, 0.6) is 0 Å². The minimum Gasteiger partial charge on any atom is -0.309 e. The highest BCUT2D eigenvalue weighted by molar-refractivity contribution is 6.12. The first kappa shape index (κ1) is 31.9. The van der Waals surface area contributed by atoms with Crippen LogP contribution in [0.1, 0.15) is 0 Å². The maximum absolute atomic E-state index is 5.13. The van der Waals surface area contributed by atoms with Gasteiger partial charge in [0, 0.05) is 55.8 Å². The molecular weight excluding hydrogens is 683 g/mol. The van der Waals surface area contributed by atoms with Crippen molar-refractivity contribution >= 4 is 43.7 Å². The standard InChI is InChI=1S/C51H33N5/c1-4-14-34(15-5-1)45-33-46(54-50(53-45)35-16-6-2-7-17-35)38-18-12-21-40(30-38)56-49-32-37(25-27-42(49)43-23-13-29-52-51(43)56)36-26-28-48-44(31-36)41-22-10-11-24-47(41)55(48)39-19-8-3-9-20-39/h1-33H. The molecule has 4 heterocycles. The Morgan fingerprint density at radius 3 is 1.75 bits per heavy atom. The minimum absolute atomic E-state index is 0.694. The predicted octanol–water partition coefficient (Wildman–Crippen LogP) is 12.7. The second-order valence-corrected chi connectivity index (χ2v) is 14.1. The average Bonchev–Trinajstić information content (AvgIpc) is 3.79. The van der Waals surface area contributed by atoms with E-state index in [9.17, 15) is 0 Å². The van der Waals surface area contributed by atoms with Crippen LogP contribution in [0.15, 0.2) is 200 Å². The molecular formula is C51H33N5.